The highest BCUT2D eigenvalue weighted by molar-refractivity contribution is 5.96. The lowest BCUT2D eigenvalue weighted by Crippen LogP contribution is -2.41. The van der Waals surface area contributed by atoms with Crippen molar-refractivity contribution in [1.29, 1.82) is 0 Å². The number of pyridine rings is 1. The van der Waals surface area contributed by atoms with Gasteiger partial charge in [-0.15, -0.1) is 0 Å². The fourth-order valence-corrected chi connectivity index (χ4v) is 4.14. The van der Waals surface area contributed by atoms with Crippen molar-refractivity contribution in [2.24, 2.45) is 0 Å². The standard InChI is InChI=1S/C19H27N3O3/c1-12-9-16(23)18(13(2)20-12)19(25)21-14-10-17(24)22(11-14)15-7-5-3-4-6-8-15/h9,14-15H,3-8,10-11H2,1-2H3,(H,20,23)(H,21,25). The van der Waals surface area contributed by atoms with E-state index in [0.29, 0.717) is 24.7 Å². The van der Waals surface area contributed by atoms with Crippen LogP contribution >= 0.6 is 0 Å². The van der Waals surface area contributed by atoms with Gasteiger partial charge in [0.25, 0.3) is 5.91 Å². The van der Waals surface area contributed by atoms with E-state index in [1.165, 1.54) is 31.7 Å². The van der Waals surface area contributed by atoms with Crippen molar-refractivity contribution < 1.29 is 9.59 Å². The van der Waals surface area contributed by atoms with Crippen molar-refractivity contribution in [3.8, 4) is 0 Å². The normalized spacial score (nSPS) is 22.1. The maximum Gasteiger partial charge on any atom is 0.257 e. The van der Waals surface area contributed by atoms with Crippen molar-refractivity contribution >= 4 is 11.8 Å². The third-order valence-electron chi connectivity index (χ3n) is 5.34. The van der Waals surface area contributed by atoms with Gasteiger partial charge in [-0.1, -0.05) is 25.7 Å². The molecule has 0 bridgehead atoms. The number of nitrogens with zero attached hydrogens (tertiary/aromatic N) is 1. The molecule has 1 aromatic heterocycles. The third kappa shape index (κ3) is 3.94. The average Bonchev–Trinajstić information content (AvgIpc) is 2.73. The molecule has 6 nitrogen and oxygen atoms in total. The molecule has 0 radical (unpaired) electrons. The number of carbonyl (C=O) groups excluding carboxylic acids is 2. The number of H-pyrrole nitrogens is 1. The van der Waals surface area contributed by atoms with Gasteiger partial charge in [0.15, 0.2) is 5.43 Å². The summed E-state index contributed by atoms with van der Waals surface area (Å²) in [6, 6.07) is 1.52. The molecule has 3 rings (SSSR count). The summed E-state index contributed by atoms with van der Waals surface area (Å²) in [4.78, 5) is 42.0. The van der Waals surface area contributed by atoms with E-state index in [2.05, 4.69) is 10.3 Å². The Hall–Kier alpha value is -2.11. The van der Waals surface area contributed by atoms with Gasteiger partial charge in [0, 0.05) is 36.5 Å². The van der Waals surface area contributed by atoms with Gasteiger partial charge >= 0.3 is 0 Å². The number of nitrogens with one attached hydrogen (secondary N) is 2. The van der Waals surface area contributed by atoms with Crippen LogP contribution in [0.5, 0.6) is 0 Å². The van der Waals surface area contributed by atoms with Crippen molar-refractivity contribution in [3.63, 3.8) is 0 Å². The van der Waals surface area contributed by atoms with Crippen molar-refractivity contribution in [2.75, 3.05) is 6.54 Å². The van der Waals surface area contributed by atoms with E-state index in [-0.39, 0.29) is 28.8 Å². The minimum atomic E-state index is -0.390. The molecule has 0 spiro atoms. The molecule has 1 aliphatic heterocycles. The van der Waals surface area contributed by atoms with Crippen LogP contribution in [0.2, 0.25) is 0 Å². The number of aromatic nitrogens is 1. The van der Waals surface area contributed by atoms with Crippen LogP contribution in [0, 0.1) is 13.8 Å². The second-order valence-electron chi connectivity index (χ2n) is 7.38. The summed E-state index contributed by atoms with van der Waals surface area (Å²) in [6.45, 7) is 4.06. The number of aryl methyl sites for hydroxylation is 2. The number of amides is 2. The fraction of sp³-hybridized carbons (Fsp3) is 0.632. The highest BCUT2D eigenvalue weighted by Crippen LogP contribution is 2.25. The fourth-order valence-electron chi connectivity index (χ4n) is 4.14. The summed E-state index contributed by atoms with van der Waals surface area (Å²) < 4.78 is 0. The van der Waals surface area contributed by atoms with Crippen LogP contribution in [0.25, 0.3) is 0 Å². The molecule has 1 unspecified atom stereocenters. The second kappa shape index (κ2) is 7.42. The van der Waals surface area contributed by atoms with Crippen molar-refractivity contribution in [2.45, 2.75) is 70.9 Å². The van der Waals surface area contributed by atoms with E-state index < -0.39 is 0 Å². The van der Waals surface area contributed by atoms with Crippen LogP contribution in [-0.4, -0.2) is 40.3 Å². The Morgan fingerprint density at radius 2 is 1.84 bits per heavy atom. The van der Waals surface area contributed by atoms with Crippen LogP contribution in [0.1, 0.15) is 66.7 Å². The van der Waals surface area contributed by atoms with E-state index in [9.17, 15) is 14.4 Å². The zero-order valence-corrected chi connectivity index (χ0v) is 15.1. The lowest BCUT2D eigenvalue weighted by molar-refractivity contribution is -0.129. The molecule has 2 N–H and O–H groups in total. The summed E-state index contributed by atoms with van der Waals surface area (Å²) >= 11 is 0. The van der Waals surface area contributed by atoms with E-state index in [4.69, 9.17) is 0 Å². The minimum Gasteiger partial charge on any atom is -0.362 e. The summed E-state index contributed by atoms with van der Waals surface area (Å²) in [5.74, 6) is -0.272. The Balaban J connectivity index is 1.67. The van der Waals surface area contributed by atoms with Gasteiger partial charge in [0.2, 0.25) is 5.91 Å². The molecule has 25 heavy (non-hydrogen) atoms. The molecule has 1 aromatic rings. The van der Waals surface area contributed by atoms with E-state index in [0.717, 1.165) is 18.5 Å². The first-order chi connectivity index (χ1) is 12.0. The molecule has 2 aliphatic rings. The molecule has 2 heterocycles. The number of likely N-dealkylation sites (tertiary alicyclic amines) is 1. The van der Waals surface area contributed by atoms with Crippen LogP contribution < -0.4 is 10.7 Å². The van der Waals surface area contributed by atoms with Crippen molar-refractivity contribution in [1.82, 2.24) is 15.2 Å². The van der Waals surface area contributed by atoms with Gasteiger partial charge in [-0.2, -0.15) is 0 Å². The first kappa shape index (κ1) is 17.7. The molecule has 2 amide bonds. The molecule has 2 fully saturated rings. The predicted octanol–water partition coefficient (Wildman–Crippen LogP) is 2.05. The van der Waals surface area contributed by atoms with Gasteiger partial charge < -0.3 is 15.2 Å². The number of aromatic amines is 1. The molecule has 1 saturated heterocycles. The van der Waals surface area contributed by atoms with Gasteiger partial charge in [-0.05, 0) is 26.7 Å². The Bertz CT molecular complexity index is 717. The largest absolute Gasteiger partial charge is 0.362 e. The summed E-state index contributed by atoms with van der Waals surface area (Å²) in [5.41, 5.74) is 1.16. The lowest BCUT2D eigenvalue weighted by atomic mass is 10.1. The van der Waals surface area contributed by atoms with Crippen LogP contribution in [-0.2, 0) is 4.79 Å². The topological polar surface area (TPSA) is 82.3 Å². The lowest BCUT2D eigenvalue weighted by Gasteiger charge is -2.27. The van der Waals surface area contributed by atoms with Gasteiger partial charge in [-0.3, -0.25) is 14.4 Å². The monoisotopic (exact) mass is 345 g/mol. The minimum absolute atomic E-state index is 0.117. The first-order valence-electron chi connectivity index (χ1n) is 9.26. The summed E-state index contributed by atoms with van der Waals surface area (Å²) in [7, 11) is 0. The zero-order chi connectivity index (χ0) is 18.0. The quantitative estimate of drug-likeness (QED) is 0.823. The van der Waals surface area contributed by atoms with Crippen LogP contribution in [0.15, 0.2) is 10.9 Å². The SMILES string of the molecule is Cc1cc(=O)c(C(=O)NC2CC(=O)N(C3CCCCCC3)C2)c(C)[nH]1. The Morgan fingerprint density at radius 1 is 1.16 bits per heavy atom. The van der Waals surface area contributed by atoms with E-state index in [1.807, 2.05) is 4.90 Å². The molecular formula is C19H27N3O3. The highest BCUT2D eigenvalue weighted by atomic mass is 16.2. The smallest absolute Gasteiger partial charge is 0.257 e. The van der Waals surface area contributed by atoms with Gasteiger partial charge in [0.05, 0.1) is 6.04 Å². The van der Waals surface area contributed by atoms with Crippen molar-refractivity contribution in [3.05, 3.63) is 33.2 Å². The zero-order valence-electron chi connectivity index (χ0n) is 15.1. The third-order valence-corrected chi connectivity index (χ3v) is 5.34. The summed E-state index contributed by atoms with van der Waals surface area (Å²) in [6.07, 6.45) is 7.27. The Kier molecular flexibility index (Phi) is 5.25. The number of hydrogen-bond acceptors (Lipinski definition) is 3. The molecule has 6 heteroatoms. The molecule has 1 saturated carbocycles. The van der Waals surface area contributed by atoms with E-state index in [1.54, 1.807) is 13.8 Å². The maximum absolute atomic E-state index is 12.5. The van der Waals surface area contributed by atoms with Gasteiger partial charge in [-0.25, -0.2) is 0 Å². The van der Waals surface area contributed by atoms with Gasteiger partial charge in [0.1, 0.15) is 5.56 Å². The molecule has 0 aromatic carbocycles. The second-order valence-corrected chi connectivity index (χ2v) is 7.38. The molecular weight excluding hydrogens is 318 g/mol. The maximum atomic E-state index is 12.5. The Morgan fingerprint density at radius 3 is 2.48 bits per heavy atom. The average molecular weight is 345 g/mol. The summed E-state index contributed by atoms with van der Waals surface area (Å²) in [5, 5.41) is 2.89. The van der Waals surface area contributed by atoms with E-state index >= 15 is 0 Å². The molecule has 136 valence electrons. The highest BCUT2D eigenvalue weighted by Gasteiger charge is 2.35. The number of carbonyl (C=O) groups is 2. The first-order valence-corrected chi connectivity index (χ1v) is 9.26. The number of hydrogen-bond donors (Lipinski definition) is 2. The van der Waals surface area contributed by atoms with Crippen LogP contribution in [0.4, 0.5) is 0 Å². The molecule has 1 aliphatic carbocycles. The predicted molar refractivity (Wildman–Crippen MR) is 95.6 cm³/mol. The molecule has 1 atom stereocenters. The van der Waals surface area contributed by atoms with Crippen LogP contribution in [0.3, 0.4) is 0 Å². The Labute approximate surface area is 148 Å². The number of rotatable bonds is 3.